The summed E-state index contributed by atoms with van der Waals surface area (Å²) in [5, 5.41) is 0. The zero-order chi connectivity index (χ0) is 13.2. The Labute approximate surface area is 109 Å². The van der Waals surface area contributed by atoms with Crippen LogP contribution in [0.25, 0.3) is 11.2 Å². The van der Waals surface area contributed by atoms with Gasteiger partial charge in [0.25, 0.3) is 5.56 Å². The van der Waals surface area contributed by atoms with E-state index in [9.17, 15) is 4.79 Å². The molecule has 100 valence electrons. The van der Waals surface area contributed by atoms with Crippen molar-refractivity contribution in [3.63, 3.8) is 0 Å². The Morgan fingerprint density at radius 2 is 2.42 bits per heavy atom. The fraction of sp³-hybridized carbons (Fsp3) is 0.500. The van der Waals surface area contributed by atoms with Crippen LogP contribution in [0.3, 0.4) is 0 Å². The van der Waals surface area contributed by atoms with Gasteiger partial charge in [-0.2, -0.15) is 0 Å². The van der Waals surface area contributed by atoms with Crippen LogP contribution in [0, 0.1) is 0 Å². The molecule has 0 unspecified atom stereocenters. The molecule has 1 atom stereocenters. The Balaban J connectivity index is 1.90. The number of hydrogen-bond acceptors (Lipinski definition) is 6. The summed E-state index contributed by atoms with van der Waals surface area (Å²) in [5.74, 6) is 0.702. The molecule has 1 saturated heterocycles. The molecule has 0 amide bonds. The Hall–Kier alpha value is -2.02. The maximum absolute atomic E-state index is 11.7. The van der Waals surface area contributed by atoms with Crippen LogP contribution in [0.4, 0.5) is 5.82 Å². The summed E-state index contributed by atoms with van der Waals surface area (Å²) in [6, 6.07) is 0. The third kappa shape index (κ3) is 2.28. The van der Waals surface area contributed by atoms with E-state index in [4.69, 9.17) is 4.74 Å². The number of fused-ring (bicyclic) bond motifs is 1. The van der Waals surface area contributed by atoms with Gasteiger partial charge >= 0.3 is 0 Å². The molecular weight excluding hydrogens is 246 g/mol. The Morgan fingerprint density at radius 1 is 1.53 bits per heavy atom. The lowest BCUT2D eigenvalue weighted by molar-refractivity contribution is 0.0787. The second kappa shape index (κ2) is 4.93. The van der Waals surface area contributed by atoms with Crippen LogP contribution in [-0.2, 0) is 4.74 Å². The van der Waals surface area contributed by atoms with E-state index in [2.05, 4.69) is 24.8 Å². The SMILES string of the molecule is CCO[C@@H]1CCN(c2cnc3nc[nH]c(=O)c3n2)C1. The molecule has 1 aliphatic heterocycles. The highest BCUT2D eigenvalue weighted by molar-refractivity contribution is 5.69. The predicted molar refractivity (Wildman–Crippen MR) is 70.2 cm³/mol. The normalized spacial score (nSPS) is 19.2. The Morgan fingerprint density at radius 3 is 3.26 bits per heavy atom. The van der Waals surface area contributed by atoms with Crippen molar-refractivity contribution < 1.29 is 4.74 Å². The first-order chi connectivity index (χ1) is 9.28. The second-order valence-corrected chi connectivity index (χ2v) is 4.44. The van der Waals surface area contributed by atoms with Crippen molar-refractivity contribution in [3.8, 4) is 0 Å². The van der Waals surface area contributed by atoms with E-state index in [0.717, 1.165) is 19.5 Å². The van der Waals surface area contributed by atoms with Crippen molar-refractivity contribution in [2.45, 2.75) is 19.4 Å². The maximum Gasteiger partial charge on any atom is 0.278 e. The lowest BCUT2D eigenvalue weighted by Crippen LogP contribution is -2.24. The molecule has 3 rings (SSSR count). The molecule has 1 fully saturated rings. The fourth-order valence-corrected chi connectivity index (χ4v) is 2.30. The number of aromatic nitrogens is 4. The van der Waals surface area contributed by atoms with Crippen LogP contribution < -0.4 is 10.5 Å². The molecule has 0 spiro atoms. The van der Waals surface area contributed by atoms with Crippen LogP contribution in [0.5, 0.6) is 0 Å². The third-order valence-electron chi connectivity index (χ3n) is 3.21. The van der Waals surface area contributed by atoms with Crippen LogP contribution in [0.1, 0.15) is 13.3 Å². The molecule has 0 radical (unpaired) electrons. The number of nitrogens with zero attached hydrogens (tertiary/aromatic N) is 4. The molecule has 2 aromatic heterocycles. The van der Waals surface area contributed by atoms with E-state index in [1.165, 1.54) is 6.33 Å². The summed E-state index contributed by atoms with van der Waals surface area (Å²) < 4.78 is 5.60. The smallest absolute Gasteiger partial charge is 0.278 e. The van der Waals surface area contributed by atoms with E-state index >= 15 is 0 Å². The van der Waals surface area contributed by atoms with Gasteiger partial charge in [0.15, 0.2) is 11.2 Å². The van der Waals surface area contributed by atoms with Gasteiger partial charge in [0.1, 0.15) is 5.82 Å². The molecular formula is C12H15N5O2. The molecule has 7 heteroatoms. The maximum atomic E-state index is 11.7. The highest BCUT2D eigenvalue weighted by atomic mass is 16.5. The van der Waals surface area contributed by atoms with Gasteiger partial charge in [-0.1, -0.05) is 0 Å². The number of rotatable bonds is 3. The van der Waals surface area contributed by atoms with Gasteiger partial charge in [0.2, 0.25) is 0 Å². The number of hydrogen-bond donors (Lipinski definition) is 1. The minimum absolute atomic E-state index is 0.231. The van der Waals surface area contributed by atoms with Crippen molar-refractivity contribution in [1.82, 2.24) is 19.9 Å². The summed E-state index contributed by atoms with van der Waals surface area (Å²) in [7, 11) is 0. The summed E-state index contributed by atoms with van der Waals surface area (Å²) in [4.78, 5) is 28.8. The molecule has 19 heavy (non-hydrogen) atoms. The highest BCUT2D eigenvalue weighted by Gasteiger charge is 2.24. The molecule has 0 saturated carbocycles. The number of ether oxygens (including phenoxy) is 1. The zero-order valence-corrected chi connectivity index (χ0v) is 10.7. The molecule has 2 aromatic rings. The zero-order valence-electron chi connectivity index (χ0n) is 10.7. The summed E-state index contributed by atoms with van der Waals surface area (Å²) in [5.41, 5.74) is 0.382. The molecule has 0 aromatic carbocycles. The lowest BCUT2D eigenvalue weighted by atomic mass is 10.3. The fourth-order valence-electron chi connectivity index (χ4n) is 2.30. The first-order valence-corrected chi connectivity index (χ1v) is 6.35. The van der Waals surface area contributed by atoms with Crippen LogP contribution >= 0.6 is 0 Å². The first-order valence-electron chi connectivity index (χ1n) is 6.35. The van der Waals surface area contributed by atoms with Crippen LogP contribution in [-0.4, -0.2) is 45.7 Å². The Bertz CT molecular complexity index is 641. The molecule has 0 bridgehead atoms. The number of anilines is 1. The number of nitrogens with one attached hydrogen (secondary N) is 1. The van der Waals surface area contributed by atoms with Crippen molar-refractivity contribution >= 4 is 17.0 Å². The van der Waals surface area contributed by atoms with Crippen molar-refractivity contribution in [2.75, 3.05) is 24.6 Å². The summed E-state index contributed by atoms with van der Waals surface area (Å²) in [6.45, 7) is 4.35. The lowest BCUT2D eigenvalue weighted by Gasteiger charge is -2.16. The van der Waals surface area contributed by atoms with Crippen LogP contribution in [0.2, 0.25) is 0 Å². The first kappa shape index (κ1) is 12.0. The van der Waals surface area contributed by atoms with Crippen molar-refractivity contribution in [1.29, 1.82) is 0 Å². The average molecular weight is 261 g/mol. The van der Waals surface area contributed by atoms with E-state index in [-0.39, 0.29) is 17.2 Å². The van der Waals surface area contributed by atoms with Gasteiger partial charge in [-0.15, -0.1) is 0 Å². The molecule has 1 N–H and O–H groups in total. The second-order valence-electron chi connectivity index (χ2n) is 4.44. The summed E-state index contributed by atoms with van der Waals surface area (Å²) >= 11 is 0. The largest absolute Gasteiger partial charge is 0.377 e. The van der Waals surface area contributed by atoms with Gasteiger partial charge in [0.05, 0.1) is 18.6 Å². The van der Waals surface area contributed by atoms with Gasteiger partial charge in [-0.3, -0.25) is 4.79 Å². The van der Waals surface area contributed by atoms with Crippen LogP contribution in [0.15, 0.2) is 17.3 Å². The predicted octanol–water partition coefficient (Wildman–Crippen LogP) is 0.328. The highest BCUT2D eigenvalue weighted by Crippen LogP contribution is 2.19. The topological polar surface area (TPSA) is 84.0 Å². The Kier molecular flexibility index (Phi) is 3.12. The minimum Gasteiger partial charge on any atom is -0.377 e. The summed E-state index contributed by atoms with van der Waals surface area (Å²) in [6.07, 6.45) is 4.19. The van der Waals surface area contributed by atoms with Gasteiger partial charge in [-0.05, 0) is 13.3 Å². The van der Waals surface area contributed by atoms with Crippen molar-refractivity contribution in [2.24, 2.45) is 0 Å². The average Bonchev–Trinajstić information content (AvgIpc) is 2.88. The van der Waals surface area contributed by atoms with Gasteiger partial charge in [-0.25, -0.2) is 15.0 Å². The van der Waals surface area contributed by atoms with E-state index in [1.54, 1.807) is 6.20 Å². The van der Waals surface area contributed by atoms with Gasteiger partial charge < -0.3 is 14.6 Å². The quantitative estimate of drug-likeness (QED) is 0.857. The number of aromatic amines is 1. The molecule has 0 aliphatic carbocycles. The van der Waals surface area contributed by atoms with E-state index < -0.39 is 0 Å². The van der Waals surface area contributed by atoms with E-state index in [0.29, 0.717) is 18.1 Å². The third-order valence-corrected chi connectivity index (χ3v) is 3.21. The van der Waals surface area contributed by atoms with E-state index in [1.807, 2.05) is 6.92 Å². The number of H-pyrrole nitrogens is 1. The van der Waals surface area contributed by atoms with Gasteiger partial charge in [0, 0.05) is 19.7 Å². The van der Waals surface area contributed by atoms with Crippen molar-refractivity contribution in [3.05, 3.63) is 22.9 Å². The molecule has 1 aliphatic rings. The minimum atomic E-state index is -0.264. The molecule has 7 nitrogen and oxygen atoms in total. The standard InChI is InChI=1S/C12H15N5O2/c1-2-19-8-3-4-17(6-8)9-5-13-11-10(16-9)12(18)15-7-14-11/h5,7-8H,2-4,6H2,1H3,(H,13,14,15,18)/t8-/m1/s1. The molecule has 3 heterocycles. The monoisotopic (exact) mass is 261 g/mol.